The van der Waals surface area contributed by atoms with Gasteiger partial charge < -0.3 is 14.4 Å². The van der Waals surface area contributed by atoms with Gasteiger partial charge in [-0.3, -0.25) is 19.3 Å². The summed E-state index contributed by atoms with van der Waals surface area (Å²) in [6.07, 6.45) is 12.0. The summed E-state index contributed by atoms with van der Waals surface area (Å²) in [6.45, 7) is 4.72. The van der Waals surface area contributed by atoms with E-state index in [1.54, 1.807) is 36.0 Å². The molecule has 12 nitrogen and oxygen atoms in total. The lowest BCUT2D eigenvalue weighted by molar-refractivity contribution is -0.129. The second-order valence-corrected chi connectivity index (χ2v) is 11.5. The number of likely N-dealkylation sites (tertiary alicyclic amines) is 1. The molecule has 2 unspecified atom stereocenters. The standard InChI is InChI=1S/C29H34N8O4S/c1-18-7-5-8-21(40-4)16-20(15-18)23(41-14-6-10-30)17-35-28-24(19(2)27(42-28)37-32-11-12-33-37)25(31)36(29(35)39)22-9-13-34(3)26(22)38/h5,8,11-12,15-16,20,22-23,31H,6-7,9,13-14,17H2,1-4H3/b8-5?,18-15-,21-16?,31-25?/t20?,22?,23-/m0/s1. The molecular weight excluding hydrogens is 556 g/mol. The first-order valence-corrected chi connectivity index (χ1v) is 14.6. The number of hydrogen-bond donors (Lipinski definition) is 1. The van der Waals surface area contributed by atoms with Crippen LogP contribution in [0.2, 0.25) is 0 Å². The molecule has 2 aliphatic rings. The second-order valence-electron chi connectivity index (χ2n) is 10.5. The molecule has 220 valence electrons. The van der Waals surface area contributed by atoms with Crippen LogP contribution in [0, 0.1) is 29.6 Å². The molecule has 1 fully saturated rings. The van der Waals surface area contributed by atoms with Gasteiger partial charge in [0.2, 0.25) is 5.91 Å². The van der Waals surface area contributed by atoms with Crippen LogP contribution in [0.3, 0.4) is 0 Å². The number of carbonyl (C=O) groups is 1. The molecule has 1 N–H and O–H groups in total. The van der Waals surface area contributed by atoms with Gasteiger partial charge in [0.1, 0.15) is 27.1 Å². The summed E-state index contributed by atoms with van der Waals surface area (Å²) in [5.74, 6) is 0.200. The van der Waals surface area contributed by atoms with Crippen LogP contribution < -0.4 is 11.2 Å². The van der Waals surface area contributed by atoms with E-state index in [1.165, 1.54) is 20.7 Å². The number of likely N-dealkylation sites (N-methyl/N-ethyl adjacent to an activating group) is 1. The number of hydrogen-bond acceptors (Lipinski definition) is 9. The first-order chi connectivity index (χ1) is 20.2. The zero-order valence-corrected chi connectivity index (χ0v) is 24.9. The number of rotatable bonds is 9. The van der Waals surface area contributed by atoms with Crippen molar-refractivity contribution in [1.82, 2.24) is 29.0 Å². The Morgan fingerprint density at radius 1 is 1.24 bits per heavy atom. The van der Waals surface area contributed by atoms with Crippen molar-refractivity contribution < 1.29 is 14.3 Å². The molecule has 3 atom stereocenters. The molecule has 1 amide bonds. The highest BCUT2D eigenvalue weighted by molar-refractivity contribution is 7.21. The average Bonchev–Trinajstić information content (AvgIpc) is 3.68. The van der Waals surface area contributed by atoms with Crippen LogP contribution in [0.4, 0.5) is 0 Å². The second kappa shape index (κ2) is 12.3. The van der Waals surface area contributed by atoms with Crippen molar-refractivity contribution in [2.45, 2.75) is 51.8 Å². The fraction of sp³-hybridized carbons (Fsp3) is 0.448. The Morgan fingerprint density at radius 2 is 2.00 bits per heavy atom. The quantitative estimate of drug-likeness (QED) is 0.298. The van der Waals surface area contributed by atoms with Crippen molar-refractivity contribution in [3.63, 3.8) is 0 Å². The van der Waals surface area contributed by atoms with Crippen LogP contribution in [0.15, 0.2) is 52.8 Å². The van der Waals surface area contributed by atoms with Crippen LogP contribution in [0.5, 0.6) is 0 Å². The fourth-order valence-corrected chi connectivity index (χ4v) is 6.75. The first-order valence-electron chi connectivity index (χ1n) is 13.8. The number of ether oxygens (including phenoxy) is 2. The Morgan fingerprint density at radius 3 is 2.67 bits per heavy atom. The molecule has 42 heavy (non-hydrogen) atoms. The van der Waals surface area contributed by atoms with Gasteiger partial charge in [-0.15, -0.1) is 4.80 Å². The van der Waals surface area contributed by atoms with E-state index in [0.29, 0.717) is 33.9 Å². The third-order valence-electron chi connectivity index (χ3n) is 7.70. The summed E-state index contributed by atoms with van der Waals surface area (Å²) < 4.78 is 14.8. The summed E-state index contributed by atoms with van der Waals surface area (Å²) in [4.78, 5) is 31.1. The predicted molar refractivity (Wildman–Crippen MR) is 157 cm³/mol. The van der Waals surface area contributed by atoms with Crippen LogP contribution in [-0.4, -0.2) is 68.3 Å². The van der Waals surface area contributed by atoms with Crippen molar-refractivity contribution in [2.75, 3.05) is 27.3 Å². The van der Waals surface area contributed by atoms with E-state index >= 15 is 0 Å². The zero-order valence-electron chi connectivity index (χ0n) is 24.1. The van der Waals surface area contributed by atoms with Gasteiger partial charge in [0.15, 0.2) is 0 Å². The number of fused-ring (bicyclic) bond motifs is 1. The Labute approximate surface area is 246 Å². The molecule has 13 heteroatoms. The van der Waals surface area contributed by atoms with Crippen molar-refractivity contribution >= 4 is 27.5 Å². The van der Waals surface area contributed by atoms with Gasteiger partial charge in [0, 0.05) is 25.1 Å². The van der Waals surface area contributed by atoms with Gasteiger partial charge in [0.25, 0.3) is 0 Å². The summed E-state index contributed by atoms with van der Waals surface area (Å²) >= 11 is 1.32. The molecule has 0 radical (unpaired) electrons. The van der Waals surface area contributed by atoms with Crippen LogP contribution in [-0.2, 0) is 20.8 Å². The third kappa shape index (κ3) is 5.47. The summed E-state index contributed by atoms with van der Waals surface area (Å²) in [5.41, 5.74) is 1.40. The number of nitrogens with one attached hydrogen (secondary N) is 1. The van der Waals surface area contributed by atoms with E-state index in [4.69, 9.17) is 14.9 Å². The van der Waals surface area contributed by atoms with Crippen molar-refractivity contribution in [1.29, 1.82) is 10.7 Å². The normalized spacial score (nSPS) is 21.0. The number of nitrogens with zero attached hydrogens (tertiary/aromatic N) is 7. The van der Waals surface area contributed by atoms with Gasteiger partial charge in [0.05, 0.1) is 56.6 Å². The van der Waals surface area contributed by atoms with E-state index in [1.807, 2.05) is 32.1 Å². The van der Waals surface area contributed by atoms with Crippen molar-refractivity contribution in [2.24, 2.45) is 5.92 Å². The maximum Gasteiger partial charge on any atom is 0.331 e. The number of thiophene rings is 1. The Balaban J connectivity index is 1.73. The molecule has 0 saturated carbocycles. The average molecular weight is 591 g/mol. The first kappa shape index (κ1) is 29.2. The summed E-state index contributed by atoms with van der Waals surface area (Å²) in [5, 5.41) is 28.2. The summed E-state index contributed by atoms with van der Waals surface area (Å²) in [7, 11) is 3.31. The van der Waals surface area contributed by atoms with Gasteiger partial charge >= 0.3 is 5.69 Å². The maximum absolute atomic E-state index is 14.3. The van der Waals surface area contributed by atoms with E-state index in [9.17, 15) is 14.9 Å². The molecule has 1 saturated heterocycles. The number of amides is 1. The molecule has 0 spiro atoms. The fourth-order valence-electron chi connectivity index (χ4n) is 5.52. The molecule has 5 rings (SSSR count). The minimum atomic E-state index is -0.775. The van der Waals surface area contributed by atoms with E-state index < -0.39 is 17.8 Å². The number of aryl methyl sites for hydroxylation is 1. The van der Waals surface area contributed by atoms with E-state index in [2.05, 4.69) is 22.3 Å². The monoisotopic (exact) mass is 590 g/mol. The highest BCUT2D eigenvalue weighted by atomic mass is 32.1. The highest BCUT2D eigenvalue weighted by Crippen LogP contribution is 2.32. The van der Waals surface area contributed by atoms with E-state index in [0.717, 1.165) is 17.6 Å². The maximum atomic E-state index is 14.3. The Kier molecular flexibility index (Phi) is 8.56. The number of carbonyl (C=O) groups excluding carboxylic acids is 1. The smallest absolute Gasteiger partial charge is 0.331 e. The molecule has 1 aliphatic carbocycles. The van der Waals surface area contributed by atoms with Gasteiger partial charge in [-0.05, 0) is 38.8 Å². The Hall–Kier alpha value is -4.28. The van der Waals surface area contributed by atoms with Gasteiger partial charge in [-0.1, -0.05) is 29.1 Å². The number of nitriles is 1. The lowest BCUT2D eigenvalue weighted by atomic mass is 9.95. The molecule has 4 heterocycles. The van der Waals surface area contributed by atoms with Crippen molar-refractivity contribution in [3.05, 3.63) is 69.6 Å². The van der Waals surface area contributed by atoms with Crippen LogP contribution >= 0.6 is 11.3 Å². The number of methoxy groups -OCH3 is 1. The number of aromatic nitrogens is 5. The highest BCUT2D eigenvalue weighted by Gasteiger charge is 2.34. The van der Waals surface area contributed by atoms with Crippen LogP contribution in [0.25, 0.3) is 15.2 Å². The van der Waals surface area contributed by atoms with E-state index in [-0.39, 0.29) is 36.9 Å². The lowest BCUT2D eigenvalue weighted by Gasteiger charge is -2.26. The third-order valence-corrected chi connectivity index (χ3v) is 8.98. The predicted octanol–water partition coefficient (Wildman–Crippen LogP) is 2.99. The molecular formula is C29H34N8O4S. The van der Waals surface area contributed by atoms with Gasteiger partial charge in [-0.2, -0.15) is 15.5 Å². The molecule has 0 bridgehead atoms. The zero-order chi connectivity index (χ0) is 30.0. The largest absolute Gasteiger partial charge is 0.497 e. The molecule has 3 aromatic heterocycles. The topological polar surface area (TPSA) is 144 Å². The number of allylic oxidation sites excluding steroid dienone is 3. The van der Waals surface area contributed by atoms with Gasteiger partial charge in [-0.25, -0.2) is 4.79 Å². The van der Waals surface area contributed by atoms with Crippen LogP contribution in [0.1, 0.15) is 37.8 Å². The molecule has 3 aromatic rings. The Bertz CT molecular complexity index is 1740. The van der Waals surface area contributed by atoms with Crippen molar-refractivity contribution in [3.8, 4) is 11.1 Å². The lowest BCUT2D eigenvalue weighted by Crippen LogP contribution is -2.46. The minimum Gasteiger partial charge on any atom is -0.497 e. The molecule has 0 aromatic carbocycles. The minimum absolute atomic E-state index is 0.0117. The molecule has 1 aliphatic heterocycles. The summed E-state index contributed by atoms with van der Waals surface area (Å²) in [6, 6.07) is 1.35. The SMILES string of the molecule is COC1=CC([C@H](Cn2c(=O)n(C3CCN(C)C3=O)c(=N)c3c(C)c(-n4nccn4)sc32)OCCC#N)/C=C(/C)CC=C1.